The van der Waals surface area contributed by atoms with Crippen LogP contribution in [0.1, 0.15) is 30.4 Å². The topological polar surface area (TPSA) is 135 Å². The number of pyridine rings is 1. The van der Waals surface area contributed by atoms with E-state index in [9.17, 15) is 13.2 Å². The van der Waals surface area contributed by atoms with Gasteiger partial charge >= 0.3 is 0 Å². The number of ether oxygens (including phenoxy) is 2. The second kappa shape index (κ2) is 8.20. The quantitative estimate of drug-likeness (QED) is 0.335. The fraction of sp³-hybridized carbons (Fsp3) is 0.269. The fourth-order valence-electron chi connectivity index (χ4n) is 5.15. The Labute approximate surface area is 213 Å². The number of H-pyrrole nitrogens is 1. The molecule has 2 aliphatic rings. The summed E-state index contributed by atoms with van der Waals surface area (Å²) in [6.07, 6.45) is 1.82. The molecule has 3 N–H and O–H groups in total. The highest BCUT2D eigenvalue weighted by Gasteiger charge is 2.65. The van der Waals surface area contributed by atoms with Gasteiger partial charge in [0.15, 0.2) is 20.7 Å². The molecule has 1 aliphatic carbocycles. The van der Waals surface area contributed by atoms with Gasteiger partial charge in [0.2, 0.25) is 11.8 Å². The van der Waals surface area contributed by atoms with E-state index in [1.165, 1.54) is 6.07 Å². The van der Waals surface area contributed by atoms with Gasteiger partial charge in [-0.25, -0.2) is 8.42 Å². The monoisotopic (exact) mass is 519 g/mol. The number of aromatic nitrogens is 3. The molecule has 2 aromatic carbocycles. The average Bonchev–Trinajstić information content (AvgIpc) is 3.43. The molecule has 190 valence electrons. The zero-order valence-corrected chi connectivity index (χ0v) is 21.3. The third kappa shape index (κ3) is 3.69. The van der Waals surface area contributed by atoms with Crippen LogP contribution in [0.25, 0.3) is 10.9 Å². The maximum atomic E-state index is 13.0. The van der Waals surface area contributed by atoms with Gasteiger partial charge in [-0.3, -0.25) is 9.89 Å². The molecule has 2 aromatic heterocycles. The Bertz CT molecular complexity index is 1680. The number of anilines is 3. The van der Waals surface area contributed by atoms with E-state index in [0.29, 0.717) is 18.1 Å². The molecular formula is C26H25N5O5S. The van der Waals surface area contributed by atoms with E-state index < -0.39 is 15.3 Å². The molecule has 6 rings (SSSR count). The molecular weight excluding hydrogens is 494 g/mol. The molecule has 37 heavy (non-hydrogen) atoms. The minimum Gasteiger partial charge on any atom is -0.497 e. The lowest BCUT2D eigenvalue weighted by Crippen LogP contribution is -2.21. The number of hydrogen-bond donors (Lipinski definition) is 3. The summed E-state index contributed by atoms with van der Waals surface area (Å²) in [4.78, 5) is 17.2. The summed E-state index contributed by atoms with van der Waals surface area (Å²) in [5, 5.41) is 14.5. The predicted octanol–water partition coefficient (Wildman–Crippen LogP) is 3.89. The first kappa shape index (κ1) is 23.3. The number of carbonyl (C=O) groups is 1. The summed E-state index contributed by atoms with van der Waals surface area (Å²) in [7, 11) is -1.86. The van der Waals surface area contributed by atoms with Gasteiger partial charge in [-0.15, -0.1) is 0 Å². The number of nitrogens with one attached hydrogen (secondary N) is 3. The number of amides is 1. The van der Waals surface area contributed by atoms with Crippen LogP contribution in [0, 0.1) is 0 Å². The van der Waals surface area contributed by atoms with Crippen LogP contribution in [0.4, 0.5) is 17.2 Å². The molecule has 4 aromatic rings. The van der Waals surface area contributed by atoms with Crippen molar-refractivity contribution >= 4 is 43.8 Å². The van der Waals surface area contributed by atoms with Crippen molar-refractivity contribution in [3.05, 3.63) is 59.7 Å². The minimum atomic E-state index is -3.48. The van der Waals surface area contributed by atoms with E-state index in [0.717, 1.165) is 46.1 Å². The van der Waals surface area contributed by atoms with Gasteiger partial charge in [-0.2, -0.15) is 10.1 Å². The van der Waals surface area contributed by atoms with Crippen molar-refractivity contribution in [1.29, 1.82) is 0 Å². The largest absolute Gasteiger partial charge is 0.497 e. The standard InChI is InChI=1S/C26H25N5O5S/c1-4-36-24-20(9-10-22(29-24)37(3,33)34)27-23-16-7-5-14(11-21(16)30-31-23)18-13-26(18)17-12-15(35-2)6-8-19(17)28-25(26)32/h5-12,18H,4,13H2,1-3H3,(H,28,32)(H2,27,30,31)/t18-,26-/m0/s1. The lowest BCUT2D eigenvalue weighted by molar-refractivity contribution is -0.118. The number of rotatable bonds is 7. The molecule has 1 fully saturated rings. The van der Waals surface area contributed by atoms with Crippen LogP contribution in [-0.2, 0) is 20.0 Å². The van der Waals surface area contributed by atoms with E-state index in [1.807, 2.05) is 36.4 Å². The maximum absolute atomic E-state index is 13.0. The van der Waals surface area contributed by atoms with Crippen LogP contribution in [-0.4, -0.2) is 49.5 Å². The number of methoxy groups -OCH3 is 1. The molecule has 0 radical (unpaired) electrons. The van der Waals surface area contributed by atoms with Crippen LogP contribution in [0.3, 0.4) is 0 Å². The van der Waals surface area contributed by atoms with Gasteiger partial charge in [-0.1, -0.05) is 6.07 Å². The number of hydrogen-bond acceptors (Lipinski definition) is 8. The Morgan fingerprint density at radius 3 is 2.76 bits per heavy atom. The van der Waals surface area contributed by atoms with E-state index in [1.54, 1.807) is 20.1 Å². The smallest absolute Gasteiger partial charge is 0.239 e. The summed E-state index contributed by atoms with van der Waals surface area (Å²) in [6.45, 7) is 2.12. The lowest BCUT2D eigenvalue weighted by atomic mass is 9.91. The third-order valence-corrected chi connectivity index (χ3v) is 8.05. The van der Waals surface area contributed by atoms with Crippen molar-refractivity contribution in [3.8, 4) is 11.6 Å². The number of aromatic amines is 1. The summed E-state index contributed by atoms with van der Waals surface area (Å²) in [6, 6.07) is 14.7. The van der Waals surface area contributed by atoms with Crippen molar-refractivity contribution in [2.45, 2.75) is 29.7 Å². The Hall–Kier alpha value is -4.12. The molecule has 11 heteroatoms. The van der Waals surface area contributed by atoms with Gasteiger partial charge in [0.1, 0.15) is 11.4 Å². The van der Waals surface area contributed by atoms with Gasteiger partial charge in [0.05, 0.1) is 24.6 Å². The van der Waals surface area contributed by atoms with E-state index >= 15 is 0 Å². The number of sulfone groups is 1. The molecule has 3 heterocycles. The Morgan fingerprint density at radius 2 is 2.00 bits per heavy atom. The first-order valence-electron chi connectivity index (χ1n) is 11.8. The van der Waals surface area contributed by atoms with Crippen molar-refractivity contribution in [3.63, 3.8) is 0 Å². The molecule has 1 spiro atoms. The molecule has 1 aliphatic heterocycles. The molecule has 0 saturated heterocycles. The van der Waals surface area contributed by atoms with Crippen LogP contribution in [0.5, 0.6) is 11.6 Å². The van der Waals surface area contributed by atoms with Gasteiger partial charge < -0.3 is 20.1 Å². The fourth-order valence-corrected chi connectivity index (χ4v) is 5.71. The molecule has 0 unspecified atom stereocenters. The van der Waals surface area contributed by atoms with E-state index in [-0.39, 0.29) is 22.7 Å². The zero-order chi connectivity index (χ0) is 25.9. The average molecular weight is 520 g/mol. The van der Waals surface area contributed by atoms with Gasteiger partial charge in [0, 0.05) is 23.2 Å². The first-order chi connectivity index (χ1) is 17.7. The summed E-state index contributed by atoms with van der Waals surface area (Å²) >= 11 is 0. The summed E-state index contributed by atoms with van der Waals surface area (Å²) in [5.74, 6) is 1.52. The van der Waals surface area contributed by atoms with Crippen LogP contribution in [0.2, 0.25) is 0 Å². The van der Waals surface area contributed by atoms with E-state index in [2.05, 4.69) is 25.8 Å². The number of fused-ring (bicyclic) bond motifs is 3. The highest BCUT2D eigenvalue weighted by Crippen LogP contribution is 2.65. The third-order valence-electron chi connectivity index (χ3n) is 7.06. The van der Waals surface area contributed by atoms with Crippen molar-refractivity contribution < 1.29 is 22.7 Å². The number of carbonyl (C=O) groups excluding carboxylic acids is 1. The maximum Gasteiger partial charge on any atom is 0.239 e. The van der Waals surface area contributed by atoms with Gasteiger partial charge in [0.25, 0.3) is 0 Å². The molecule has 10 nitrogen and oxygen atoms in total. The van der Waals surface area contributed by atoms with Crippen LogP contribution < -0.4 is 20.1 Å². The van der Waals surface area contributed by atoms with Gasteiger partial charge in [-0.05, 0) is 66.9 Å². The molecule has 2 atom stereocenters. The van der Waals surface area contributed by atoms with E-state index in [4.69, 9.17) is 9.47 Å². The normalized spacial score (nSPS) is 20.1. The molecule has 0 bridgehead atoms. The van der Waals surface area contributed by atoms with Crippen LogP contribution >= 0.6 is 0 Å². The zero-order valence-electron chi connectivity index (χ0n) is 20.5. The number of benzene rings is 2. The number of nitrogens with zero attached hydrogens (tertiary/aromatic N) is 2. The lowest BCUT2D eigenvalue weighted by Gasteiger charge is -2.12. The van der Waals surface area contributed by atoms with Crippen molar-refractivity contribution in [2.75, 3.05) is 30.6 Å². The predicted molar refractivity (Wildman–Crippen MR) is 139 cm³/mol. The van der Waals surface area contributed by atoms with Crippen molar-refractivity contribution in [1.82, 2.24) is 15.2 Å². The SMILES string of the molecule is CCOc1nc(S(C)(=O)=O)ccc1Nc1n[nH]c2cc([C@@H]3C[C@@]34C(=O)Nc3ccc(OC)cc34)ccc12. The highest BCUT2D eigenvalue weighted by atomic mass is 32.2. The second-order valence-corrected chi connectivity index (χ2v) is 11.3. The minimum absolute atomic E-state index is 0.0151. The summed E-state index contributed by atoms with van der Waals surface area (Å²) < 4.78 is 34.8. The highest BCUT2D eigenvalue weighted by molar-refractivity contribution is 7.90. The van der Waals surface area contributed by atoms with Crippen LogP contribution in [0.15, 0.2) is 53.6 Å². The van der Waals surface area contributed by atoms with Crippen molar-refractivity contribution in [2.24, 2.45) is 0 Å². The Kier molecular flexibility index (Phi) is 5.16. The second-order valence-electron chi connectivity index (χ2n) is 9.30. The Balaban J connectivity index is 1.30. The first-order valence-corrected chi connectivity index (χ1v) is 13.7. The molecule has 1 amide bonds. The Morgan fingerprint density at radius 1 is 1.16 bits per heavy atom. The molecule has 1 saturated carbocycles. The summed E-state index contributed by atoms with van der Waals surface area (Å²) in [5.41, 5.74) is 3.58.